The van der Waals surface area contributed by atoms with E-state index in [0.717, 1.165) is 43.5 Å². The third-order valence-electron chi connectivity index (χ3n) is 3.14. The Morgan fingerprint density at radius 2 is 2.56 bits per heavy atom. The Labute approximate surface area is 105 Å². The number of fused-ring (bicyclic) bond motifs is 1. The SMILES string of the molecule is Cc1cc(CNC[C@@H]2CNc3ccnn3C2)no1. The summed E-state index contributed by atoms with van der Waals surface area (Å²) in [6, 6.07) is 3.96. The van der Waals surface area contributed by atoms with E-state index in [1.165, 1.54) is 0 Å². The smallest absolute Gasteiger partial charge is 0.133 e. The Hall–Kier alpha value is -1.82. The molecule has 0 aromatic carbocycles. The lowest BCUT2D eigenvalue weighted by atomic mass is 10.1. The second kappa shape index (κ2) is 4.81. The van der Waals surface area contributed by atoms with Crippen LogP contribution in [0.25, 0.3) is 0 Å². The second-order valence-electron chi connectivity index (χ2n) is 4.71. The summed E-state index contributed by atoms with van der Waals surface area (Å²) >= 11 is 0. The van der Waals surface area contributed by atoms with Gasteiger partial charge in [0, 0.05) is 44.2 Å². The number of nitrogens with one attached hydrogen (secondary N) is 2. The van der Waals surface area contributed by atoms with Gasteiger partial charge >= 0.3 is 0 Å². The van der Waals surface area contributed by atoms with E-state index in [-0.39, 0.29) is 0 Å². The number of aryl methyl sites for hydroxylation is 1. The van der Waals surface area contributed by atoms with Crippen LogP contribution in [0.3, 0.4) is 0 Å². The van der Waals surface area contributed by atoms with Crippen LogP contribution in [0, 0.1) is 12.8 Å². The molecule has 0 fully saturated rings. The fourth-order valence-corrected chi connectivity index (χ4v) is 2.23. The Balaban J connectivity index is 1.47. The van der Waals surface area contributed by atoms with Crippen molar-refractivity contribution in [2.45, 2.75) is 20.0 Å². The second-order valence-corrected chi connectivity index (χ2v) is 4.71. The van der Waals surface area contributed by atoms with Crippen molar-refractivity contribution in [3.63, 3.8) is 0 Å². The van der Waals surface area contributed by atoms with Gasteiger partial charge in [-0.05, 0) is 6.92 Å². The molecule has 6 nitrogen and oxygen atoms in total. The lowest BCUT2D eigenvalue weighted by molar-refractivity contribution is 0.375. The van der Waals surface area contributed by atoms with Crippen molar-refractivity contribution in [1.82, 2.24) is 20.3 Å². The molecule has 18 heavy (non-hydrogen) atoms. The number of aromatic nitrogens is 3. The van der Waals surface area contributed by atoms with Crippen molar-refractivity contribution >= 4 is 5.82 Å². The average molecular weight is 247 g/mol. The third-order valence-corrected chi connectivity index (χ3v) is 3.14. The van der Waals surface area contributed by atoms with E-state index in [4.69, 9.17) is 4.52 Å². The maximum atomic E-state index is 5.03. The first kappa shape index (κ1) is 11.3. The van der Waals surface area contributed by atoms with Crippen molar-refractivity contribution in [2.24, 2.45) is 5.92 Å². The molecule has 0 spiro atoms. The van der Waals surface area contributed by atoms with E-state index in [1.54, 1.807) is 0 Å². The first-order valence-electron chi connectivity index (χ1n) is 6.20. The summed E-state index contributed by atoms with van der Waals surface area (Å²) < 4.78 is 7.04. The molecule has 3 rings (SSSR count). The average Bonchev–Trinajstić information content (AvgIpc) is 2.97. The molecule has 2 aromatic rings. The molecule has 3 heterocycles. The van der Waals surface area contributed by atoms with Crippen LogP contribution < -0.4 is 10.6 Å². The topological polar surface area (TPSA) is 67.9 Å². The molecule has 0 saturated heterocycles. The van der Waals surface area contributed by atoms with Crippen molar-refractivity contribution in [1.29, 1.82) is 0 Å². The minimum absolute atomic E-state index is 0.547. The van der Waals surface area contributed by atoms with Gasteiger partial charge in [-0.1, -0.05) is 5.16 Å². The standard InChI is InChI=1S/C12H17N5O/c1-9-4-11(16-18-9)7-13-5-10-6-14-12-2-3-15-17(12)8-10/h2-4,10,13-14H,5-8H2,1H3/t10-/m1/s1. The molecule has 2 aromatic heterocycles. The minimum Gasteiger partial charge on any atom is -0.370 e. The van der Waals surface area contributed by atoms with E-state index >= 15 is 0 Å². The molecule has 0 saturated carbocycles. The monoisotopic (exact) mass is 247 g/mol. The predicted molar refractivity (Wildman–Crippen MR) is 67.2 cm³/mol. The van der Waals surface area contributed by atoms with Crippen molar-refractivity contribution in [2.75, 3.05) is 18.4 Å². The van der Waals surface area contributed by atoms with Gasteiger partial charge in [0.05, 0.1) is 11.9 Å². The molecule has 0 radical (unpaired) electrons. The molecule has 1 atom stereocenters. The number of anilines is 1. The Morgan fingerprint density at radius 1 is 1.61 bits per heavy atom. The molecular formula is C12H17N5O. The summed E-state index contributed by atoms with van der Waals surface area (Å²) in [7, 11) is 0. The van der Waals surface area contributed by atoms with E-state index in [9.17, 15) is 0 Å². The minimum atomic E-state index is 0.547. The Kier molecular flexibility index (Phi) is 3.02. The largest absolute Gasteiger partial charge is 0.370 e. The first-order valence-corrected chi connectivity index (χ1v) is 6.20. The normalized spacial score (nSPS) is 18.4. The molecular weight excluding hydrogens is 230 g/mol. The molecule has 0 amide bonds. The van der Waals surface area contributed by atoms with Gasteiger partial charge < -0.3 is 15.2 Å². The van der Waals surface area contributed by atoms with Gasteiger partial charge in [0.1, 0.15) is 11.6 Å². The van der Waals surface area contributed by atoms with Crippen LogP contribution >= 0.6 is 0 Å². The van der Waals surface area contributed by atoms with Gasteiger partial charge in [-0.15, -0.1) is 0 Å². The third kappa shape index (κ3) is 2.38. The Bertz CT molecular complexity index is 518. The van der Waals surface area contributed by atoms with Crippen LogP contribution in [0.2, 0.25) is 0 Å². The van der Waals surface area contributed by atoms with Gasteiger partial charge in [-0.25, -0.2) is 4.68 Å². The van der Waals surface area contributed by atoms with Crippen LogP contribution in [-0.4, -0.2) is 28.0 Å². The highest BCUT2D eigenvalue weighted by Crippen LogP contribution is 2.15. The number of rotatable bonds is 4. The zero-order valence-electron chi connectivity index (χ0n) is 10.4. The molecule has 1 aliphatic rings. The van der Waals surface area contributed by atoms with Crippen LogP contribution in [0.4, 0.5) is 5.82 Å². The molecule has 6 heteroatoms. The van der Waals surface area contributed by atoms with Crippen LogP contribution in [0.1, 0.15) is 11.5 Å². The van der Waals surface area contributed by atoms with E-state index in [1.807, 2.05) is 29.9 Å². The van der Waals surface area contributed by atoms with Crippen molar-refractivity contribution in [3.8, 4) is 0 Å². The van der Waals surface area contributed by atoms with E-state index < -0.39 is 0 Å². The van der Waals surface area contributed by atoms with E-state index in [0.29, 0.717) is 5.92 Å². The van der Waals surface area contributed by atoms with Crippen LogP contribution in [0.5, 0.6) is 0 Å². The summed E-state index contributed by atoms with van der Waals surface area (Å²) in [5.41, 5.74) is 0.955. The predicted octanol–water partition coefficient (Wildman–Crippen LogP) is 1.01. The highest BCUT2D eigenvalue weighted by Gasteiger charge is 2.17. The van der Waals surface area contributed by atoms with Gasteiger partial charge in [0.25, 0.3) is 0 Å². The lowest BCUT2D eigenvalue weighted by Gasteiger charge is -2.24. The zero-order chi connectivity index (χ0) is 12.4. The molecule has 0 aliphatic carbocycles. The number of hydrogen-bond acceptors (Lipinski definition) is 5. The molecule has 96 valence electrons. The summed E-state index contributed by atoms with van der Waals surface area (Å²) in [5.74, 6) is 2.51. The van der Waals surface area contributed by atoms with Crippen molar-refractivity contribution in [3.05, 3.63) is 29.8 Å². The summed E-state index contributed by atoms with van der Waals surface area (Å²) in [6.07, 6.45) is 1.83. The molecule has 0 bridgehead atoms. The highest BCUT2D eigenvalue weighted by molar-refractivity contribution is 5.35. The fourth-order valence-electron chi connectivity index (χ4n) is 2.23. The van der Waals surface area contributed by atoms with Gasteiger partial charge in [0.2, 0.25) is 0 Å². The Morgan fingerprint density at radius 3 is 3.39 bits per heavy atom. The molecule has 1 aliphatic heterocycles. The van der Waals surface area contributed by atoms with Crippen molar-refractivity contribution < 1.29 is 4.52 Å². The highest BCUT2D eigenvalue weighted by atomic mass is 16.5. The van der Waals surface area contributed by atoms with Gasteiger partial charge in [-0.2, -0.15) is 5.10 Å². The first-order chi connectivity index (χ1) is 8.81. The van der Waals surface area contributed by atoms with Gasteiger partial charge in [0.15, 0.2) is 0 Å². The number of nitrogens with zero attached hydrogens (tertiary/aromatic N) is 3. The fraction of sp³-hybridized carbons (Fsp3) is 0.500. The van der Waals surface area contributed by atoms with E-state index in [2.05, 4.69) is 20.9 Å². The number of hydrogen-bond donors (Lipinski definition) is 2. The van der Waals surface area contributed by atoms with Crippen LogP contribution in [0.15, 0.2) is 22.9 Å². The maximum absolute atomic E-state index is 5.03. The summed E-state index contributed by atoms with van der Waals surface area (Å²) in [5, 5.41) is 15.0. The summed E-state index contributed by atoms with van der Waals surface area (Å²) in [6.45, 7) is 5.54. The summed E-state index contributed by atoms with van der Waals surface area (Å²) in [4.78, 5) is 0. The molecule has 0 unspecified atom stereocenters. The lowest BCUT2D eigenvalue weighted by Crippen LogP contribution is -2.35. The molecule has 2 N–H and O–H groups in total. The van der Waals surface area contributed by atoms with Gasteiger partial charge in [-0.3, -0.25) is 0 Å². The maximum Gasteiger partial charge on any atom is 0.133 e. The quantitative estimate of drug-likeness (QED) is 0.844. The van der Waals surface area contributed by atoms with Crippen LogP contribution in [-0.2, 0) is 13.1 Å². The zero-order valence-corrected chi connectivity index (χ0v) is 10.4.